The van der Waals surface area contributed by atoms with E-state index in [1.54, 1.807) is 29.2 Å². The van der Waals surface area contributed by atoms with Crippen LogP contribution in [0.2, 0.25) is 5.02 Å². The lowest BCUT2D eigenvalue weighted by Gasteiger charge is -2.34. The van der Waals surface area contributed by atoms with E-state index in [0.29, 0.717) is 55.9 Å². The lowest BCUT2D eigenvalue weighted by Crippen LogP contribution is -2.53. The Morgan fingerprint density at radius 1 is 1.05 bits per heavy atom. The van der Waals surface area contributed by atoms with Crippen LogP contribution in [0.15, 0.2) is 54.6 Å². The summed E-state index contributed by atoms with van der Waals surface area (Å²) in [5, 5.41) is 15.6. The highest BCUT2D eigenvalue weighted by molar-refractivity contribution is 6.33. The molecule has 0 aromatic heterocycles. The average molecular weight is 554 g/mol. The van der Waals surface area contributed by atoms with Gasteiger partial charge in [0.15, 0.2) is 0 Å². The van der Waals surface area contributed by atoms with Gasteiger partial charge < -0.3 is 25.4 Å². The van der Waals surface area contributed by atoms with E-state index in [-0.39, 0.29) is 24.3 Å². The molecule has 8 nitrogen and oxygen atoms in total. The Kier molecular flexibility index (Phi) is 7.99. The van der Waals surface area contributed by atoms with E-state index in [1.807, 2.05) is 37.3 Å². The Bertz CT molecular complexity index is 1230. The van der Waals surface area contributed by atoms with Crippen molar-refractivity contribution < 1.29 is 24.2 Å². The van der Waals surface area contributed by atoms with Crippen molar-refractivity contribution in [3.05, 3.63) is 65.2 Å². The normalized spacial score (nSPS) is 28.9. The molecule has 208 valence electrons. The molecule has 0 aliphatic carbocycles. The van der Waals surface area contributed by atoms with Gasteiger partial charge in [0.2, 0.25) is 17.7 Å². The molecule has 3 aliphatic heterocycles. The van der Waals surface area contributed by atoms with E-state index in [4.69, 9.17) is 16.3 Å². The highest BCUT2D eigenvalue weighted by Crippen LogP contribution is 2.64. The molecule has 3 amide bonds. The number of aliphatic hydroxyl groups is 1. The summed E-state index contributed by atoms with van der Waals surface area (Å²) in [5.74, 6) is -2.23. The van der Waals surface area contributed by atoms with Gasteiger partial charge in [-0.2, -0.15) is 0 Å². The largest absolute Gasteiger partial charge is 0.396 e. The second-order valence-electron chi connectivity index (χ2n) is 10.8. The Labute approximate surface area is 234 Å². The maximum Gasteiger partial charge on any atom is 0.250 e. The van der Waals surface area contributed by atoms with Crippen molar-refractivity contribution in [2.45, 2.75) is 69.2 Å². The molecule has 3 N–H and O–H groups in total. The van der Waals surface area contributed by atoms with Crippen LogP contribution in [0.3, 0.4) is 0 Å². The minimum atomic E-state index is -1.09. The fourth-order valence-corrected chi connectivity index (χ4v) is 7.07. The number of fused-ring (bicyclic) bond motifs is 1. The van der Waals surface area contributed by atoms with Crippen molar-refractivity contribution >= 4 is 35.0 Å². The minimum absolute atomic E-state index is 0.0721. The first-order valence-corrected chi connectivity index (χ1v) is 14.2. The summed E-state index contributed by atoms with van der Waals surface area (Å²) in [5.41, 5.74) is -0.459. The fourth-order valence-electron chi connectivity index (χ4n) is 6.89. The summed E-state index contributed by atoms with van der Waals surface area (Å²) >= 11 is 6.34. The van der Waals surface area contributed by atoms with Crippen LogP contribution in [-0.2, 0) is 25.7 Å². The van der Waals surface area contributed by atoms with E-state index >= 15 is 0 Å². The van der Waals surface area contributed by atoms with Crippen molar-refractivity contribution in [3.63, 3.8) is 0 Å². The third kappa shape index (κ3) is 4.83. The molecule has 3 heterocycles. The van der Waals surface area contributed by atoms with Gasteiger partial charge in [0.1, 0.15) is 11.6 Å². The van der Waals surface area contributed by atoms with E-state index in [0.717, 1.165) is 12.0 Å². The number of unbranched alkanes of at least 4 members (excludes halogenated alkanes) is 2. The first-order chi connectivity index (χ1) is 18.9. The van der Waals surface area contributed by atoms with Gasteiger partial charge in [0.05, 0.1) is 28.1 Å². The molecule has 9 heteroatoms. The Morgan fingerprint density at radius 2 is 1.79 bits per heavy atom. The van der Waals surface area contributed by atoms with Gasteiger partial charge >= 0.3 is 0 Å². The number of hydrogen-bond acceptors (Lipinski definition) is 5. The fraction of sp³-hybridized carbons (Fsp3) is 0.500. The predicted octanol–water partition coefficient (Wildman–Crippen LogP) is 3.91. The Balaban J connectivity index is 1.46. The molecule has 2 aromatic rings. The molecular weight excluding hydrogens is 518 g/mol. The van der Waals surface area contributed by atoms with Crippen molar-refractivity contribution in [2.75, 3.05) is 18.5 Å². The highest BCUT2D eigenvalue weighted by atomic mass is 35.5. The standard InChI is InChI=1S/C30H36ClN3O5/c1-2-29-15-16-30(39-29)24(23(29)26(36)32-19-20-11-5-3-6-12-20)28(38)34(17-9-4-10-18-35)25(30)27(37)33-22-14-8-7-13-21(22)31/h3,5-8,11-14,23-25,35H,2,4,9-10,15-19H2,1H3,(H,32,36)(H,33,37)/t23-,24+,25?,29+,30?/m1/s1. The lowest BCUT2D eigenvalue weighted by molar-refractivity contribution is -0.146. The molecular formula is C30H36ClN3O5. The van der Waals surface area contributed by atoms with Gasteiger partial charge in [-0.05, 0) is 56.2 Å². The number of carbonyl (C=O) groups is 3. The summed E-state index contributed by atoms with van der Waals surface area (Å²) in [6.07, 6.45) is 3.66. The maximum atomic E-state index is 14.1. The number of para-hydroxylation sites is 1. The first kappa shape index (κ1) is 27.6. The number of nitrogens with one attached hydrogen (secondary N) is 2. The number of likely N-dealkylation sites (tertiary alicyclic amines) is 1. The number of rotatable bonds is 11. The Hall–Kier alpha value is -2.94. The van der Waals surface area contributed by atoms with Gasteiger partial charge in [-0.1, -0.05) is 61.0 Å². The lowest BCUT2D eigenvalue weighted by atomic mass is 9.65. The number of amides is 3. The number of hydrogen-bond donors (Lipinski definition) is 3. The quantitative estimate of drug-likeness (QED) is 0.366. The van der Waals surface area contributed by atoms with Crippen LogP contribution in [0.25, 0.3) is 0 Å². The maximum absolute atomic E-state index is 14.1. The smallest absolute Gasteiger partial charge is 0.250 e. The van der Waals surface area contributed by atoms with Crippen LogP contribution in [0.4, 0.5) is 5.69 Å². The van der Waals surface area contributed by atoms with Gasteiger partial charge in [0, 0.05) is 19.7 Å². The molecule has 0 saturated carbocycles. The average Bonchev–Trinajstić information content (AvgIpc) is 3.55. The van der Waals surface area contributed by atoms with Crippen LogP contribution < -0.4 is 10.6 Å². The van der Waals surface area contributed by atoms with E-state index in [2.05, 4.69) is 10.6 Å². The summed E-state index contributed by atoms with van der Waals surface area (Å²) in [7, 11) is 0. The molecule has 2 aromatic carbocycles. The zero-order valence-corrected chi connectivity index (χ0v) is 23.0. The first-order valence-electron chi connectivity index (χ1n) is 13.9. The molecule has 0 radical (unpaired) electrons. The van der Waals surface area contributed by atoms with Crippen LogP contribution in [-0.4, -0.2) is 58.1 Å². The molecule has 3 saturated heterocycles. The van der Waals surface area contributed by atoms with E-state index in [9.17, 15) is 19.5 Å². The third-order valence-electron chi connectivity index (χ3n) is 8.71. The van der Waals surface area contributed by atoms with Gasteiger partial charge in [-0.3, -0.25) is 14.4 Å². The number of benzene rings is 2. The second-order valence-corrected chi connectivity index (χ2v) is 11.2. The molecule has 2 bridgehead atoms. The Morgan fingerprint density at radius 3 is 2.51 bits per heavy atom. The van der Waals surface area contributed by atoms with Crippen LogP contribution in [0, 0.1) is 11.8 Å². The van der Waals surface area contributed by atoms with E-state index < -0.39 is 29.1 Å². The summed E-state index contributed by atoms with van der Waals surface area (Å²) in [6.45, 7) is 2.75. The third-order valence-corrected chi connectivity index (χ3v) is 9.04. The van der Waals surface area contributed by atoms with Gasteiger partial charge in [0.25, 0.3) is 0 Å². The molecule has 2 unspecified atom stereocenters. The highest BCUT2D eigenvalue weighted by Gasteiger charge is 2.78. The minimum Gasteiger partial charge on any atom is -0.396 e. The molecule has 5 atom stereocenters. The van der Waals surface area contributed by atoms with Crippen molar-refractivity contribution in [1.82, 2.24) is 10.2 Å². The number of aliphatic hydroxyl groups excluding tert-OH is 1. The summed E-state index contributed by atoms with van der Waals surface area (Å²) in [4.78, 5) is 43.4. The topological polar surface area (TPSA) is 108 Å². The van der Waals surface area contributed by atoms with Crippen molar-refractivity contribution in [1.29, 1.82) is 0 Å². The number of anilines is 1. The number of ether oxygens (including phenoxy) is 1. The number of nitrogens with zero attached hydrogens (tertiary/aromatic N) is 1. The number of halogens is 1. The van der Waals surface area contributed by atoms with Crippen LogP contribution in [0.1, 0.15) is 51.0 Å². The van der Waals surface area contributed by atoms with Crippen molar-refractivity contribution in [3.8, 4) is 0 Å². The number of carbonyl (C=O) groups excluding carboxylic acids is 3. The van der Waals surface area contributed by atoms with Crippen molar-refractivity contribution in [2.24, 2.45) is 11.8 Å². The van der Waals surface area contributed by atoms with Crippen LogP contribution in [0.5, 0.6) is 0 Å². The molecule has 3 fully saturated rings. The zero-order valence-electron chi connectivity index (χ0n) is 22.2. The van der Waals surface area contributed by atoms with Gasteiger partial charge in [-0.25, -0.2) is 0 Å². The second kappa shape index (κ2) is 11.3. The van der Waals surface area contributed by atoms with Gasteiger partial charge in [-0.15, -0.1) is 0 Å². The molecule has 5 rings (SSSR count). The predicted molar refractivity (Wildman–Crippen MR) is 148 cm³/mol. The monoisotopic (exact) mass is 553 g/mol. The summed E-state index contributed by atoms with van der Waals surface area (Å²) < 4.78 is 6.78. The zero-order chi connectivity index (χ0) is 27.6. The van der Waals surface area contributed by atoms with E-state index in [1.165, 1.54) is 0 Å². The summed E-state index contributed by atoms with van der Waals surface area (Å²) in [6, 6.07) is 15.7. The molecule has 39 heavy (non-hydrogen) atoms. The molecule has 1 spiro atoms. The van der Waals surface area contributed by atoms with Crippen LogP contribution >= 0.6 is 11.6 Å². The molecule has 3 aliphatic rings. The SMILES string of the molecule is CC[C@@]12CCC3(O1)C(C(=O)Nc1ccccc1Cl)N(CCCCCO)C(=O)[C@@H]3[C@@H]2C(=O)NCc1ccccc1.